The molecule has 0 saturated carbocycles. The molecule has 3 aromatic carbocycles. The lowest BCUT2D eigenvalue weighted by Gasteiger charge is -2.43. The molecule has 1 atom stereocenters. The molecule has 0 aliphatic heterocycles. The Labute approximate surface area is 246 Å². The summed E-state index contributed by atoms with van der Waals surface area (Å²) in [7, 11) is -4.12. The lowest BCUT2D eigenvalue weighted by Crippen LogP contribution is -2.49. The predicted molar refractivity (Wildman–Crippen MR) is 180 cm³/mol. The molecule has 0 aromatic heterocycles. The molecule has 208 valence electrons. The largest absolute Gasteiger partial charge is 0.383 e. The van der Waals surface area contributed by atoms with Crippen molar-refractivity contribution in [3.63, 3.8) is 0 Å². The molecular formula is C34H51BrOPSi+. The molecule has 0 bridgehead atoms. The van der Waals surface area contributed by atoms with Gasteiger partial charge >= 0.3 is 0 Å². The van der Waals surface area contributed by atoms with Crippen molar-refractivity contribution in [1.29, 1.82) is 0 Å². The van der Waals surface area contributed by atoms with Crippen LogP contribution in [0.5, 0.6) is 0 Å². The zero-order valence-corrected chi connectivity index (χ0v) is 28.3. The van der Waals surface area contributed by atoms with Gasteiger partial charge < -0.3 is 4.43 Å². The maximum absolute atomic E-state index is 7.56. The van der Waals surface area contributed by atoms with Crippen LogP contribution in [0.1, 0.15) is 79.1 Å². The Kier molecular flexibility index (Phi) is 13.5. The van der Waals surface area contributed by atoms with E-state index in [-0.39, 0.29) is 27.9 Å². The Balaban J connectivity index is 0.00000507. The highest BCUT2D eigenvalue weighted by Gasteiger charge is 2.55. The topological polar surface area (TPSA) is 9.23 Å². The highest BCUT2D eigenvalue weighted by Crippen LogP contribution is 2.62. The second kappa shape index (κ2) is 15.5. The van der Waals surface area contributed by atoms with Crippen molar-refractivity contribution in [2.45, 2.75) is 103 Å². The van der Waals surface area contributed by atoms with Crippen LogP contribution in [0, 0.1) is 0 Å². The molecule has 4 heteroatoms. The number of benzene rings is 3. The molecule has 0 radical (unpaired) electrons. The van der Waals surface area contributed by atoms with E-state index >= 15 is 0 Å². The van der Waals surface area contributed by atoms with E-state index in [9.17, 15) is 0 Å². The molecule has 0 aliphatic rings. The lowest BCUT2D eigenvalue weighted by molar-refractivity contribution is 0.241. The molecule has 0 spiro atoms. The summed E-state index contributed by atoms with van der Waals surface area (Å²) in [4.78, 5) is 0. The number of halogens is 1. The summed E-state index contributed by atoms with van der Waals surface area (Å²) in [6.07, 6.45) is 10.3. The second-order valence-corrected chi connectivity index (χ2v) is 20.3. The first-order valence-corrected chi connectivity index (χ1v) is 19.2. The van der Waals surface area contributed by atoms with Gasteiger partial charge in [0.2, 0.25) is 0 Å². The molecule has 0 saturated heterocycles. The van der Waals surface area contributed by atoms with Crippen LogP contribution in [-0.4, -0.2) is 14.2 Å². The third kappa shape index (κ3) is 8.13. The average molecular weight is 615 g/mol. The van der Waals surface area contributed by atoms with Crippen LogP contribution in [0.4, 0.5) is 0 Å². The van der Waals surface area contributed by atoms with Crippen molar-refractivity contribution >= 4 is 48.5 Å². The van der Waals surface area contributed by atoms with E-state index < -0.39 is 15.6 Å². The normalized spacial score (nSPS) is 13.1. The fourth-order valence-corrected chi connectivity index (χ4v) is 12.0. The summed E-state index contributed by atoms with van der Waals surface area (Å²) in [6.45, 7) is 14.3. The summed E-state index contributed by atoms with van der Waals surface area (Å²) in [5.41, 5.74) is 0. The quantitative estimate of drug-likeness (QED) is 0.0998. The third-order valence-corrected chi connectivity index (χ3v) is 17.5. The van der Waals surface area contributed by atoms with E-state index in [4.69, 9.17) is 4.43 Å². The zero-order valence-electron chi connectivity index (χ0n) is 24.7. The maximum atomic E-state index is 7.56. The van der Waals surface area contributed by atoms with Gasteiger partial charge in [-0.2, -0.15) is 0 Å². The smallest absolute Gasteiger partial charge is 0.197 e. The van der Waals surface area contributed by atoms with Crippen molar-refractivity contribution in [3.05, 3.63) is 91.0 Å². The van der Waals surface area contributed by atoms with Crippen molar-refractivity contribution in [3.8, 4) is 0 Å². The van der Waals surface area contributed by atoms with Gasteiger partial charge in [-0.1, -0.05) is 121 Å². The van der Waals surface area contributed by atoms with Gasteiger partial charge in [0.05, 0.1) is 0 Å². The van der Waals surface area contributed by atoms with Crippen LogP contribution in [0.15, 0.2) is 91.0 Å². The fourth-order valence-electron chi connectivity index (χ4n) is 5.06. The minimum absolute atomic E-state index is 0. The van der Waals surface area contributed by atoms with Crippen LogP contribution in [0.3, 0.4) is 0 Å². The minimum Gasteiger partial charge on any atom is -0.383 e. The monoisotopic (exact) mass is 613 g/mol. The van der Waals surface area contributed by atoms with Crippen LogP contribution < -0.4 is 15.9 Å². The van der Waals surface area contributed by atoms with Crippen LogP contribution in [0.2, 0.25) is 18.1 Å². The molecular weight excluding hydrogens is 563 g/mol. The SMILES string of the molecule is Br.CCCCCCCCCC(O[Si](C)(C)C(C)(C)C)[P+](c1ccccc1)(c1ccccc1)c1ccccc1. The molecule has 3 rings (SSSR count). The number of hydrogen-bond donors (Lipinski definition) is 0. The van der Waals surface area contributed by atoms with E-state index in [0.29, 0.717) is 0 Å². The zero-order chi connectivity index (χ0) is 26.8. The fraction of sp³-hybridized carbons (Fsp3) is 0.471. The van der Waals surface area contributed by atoms with Gasteiger partial charge in [0.1, 0.15) is 23.2 Å². The summed E-state index contributed by atoms with van der Waals surface area (Å²) in [6, 6.07) is 33.9. The van der Waals surface area contributed by atoms with Gasteiger partial charge in [-0.3, -0.25) is 0 Å². The molecule has 3 aromatic rings. The highest BCUT2D eigenvalue weighted by atomic mass is 79.9. The third-order valence-electron chi connectivity index (χ3n) is 8.21. The molecule has 0 heterocycles. The second-order valence-electron chi connectivity index (χ2n) is 12.0. The Morgan fingerprint density at radius 3 is 1.37 bits per heavy atom. The van der Waals surface area contributed by atoms with Gasteiger partial charge in [-0.25, -0.2) is 0 Å². The first-order chi connectivity index (χ1) is 17.7. The first-order valence-electron chi connectivity index (χ1n) is 14.5. The van der Waals surface area contributed by atoms with Gasteiger partial charge in [0.25, 0.3) is 0 Å². The Morgan fingerprint density at radius 2 is 1.00 bits per heavy atom. The first kappa shape index (κ1) is 33.0. The highest BCUT2D eigenvalue weighted by molar-refractivity contribution is 8.93. The van der Waals surface area contributed by atoms with E-state index in [2.05, 4.69) is 132 Å². The Bertz CT molecular complexity index is 938. The van der Waals surface area contributed by atoms with E-state index in [1.54, 1.807) is 0 Å². The molecule has 0 aliphatic carbocycles. The van der Waals surface area contributed by atoms with Crippen LogP contribution in [0.25, 0.3) is 0 Å². The summed E-state index contributed by atoms with van der Waals surface area (Å²) >= 11 is 0. The van der Waals surface area contributed by atoms with E-state index in [1.807, 2.05) is 0 Å². The van der Waals surface area contributed by atoms with Gasteiger partial charge in [0.15, 0.2) is 14.2 Å². The minimum atomic E-state index is -2.08. The number of rotatable bonds is 14. The van der Waals surface area contributed by atoms with E-state index in [0.717, 1.165) is 6.42 Å². The number of unbranched alkanes of at least 4 members (excludes halogenated alkanes) is 6. The Morgan fingerprint density at radius 1 is 0.632 bits per heavy atom. The summed E-state index contributed by atoms with van der Waals surface area (Å²) in [5, 5.41) is 4.45. The summed E-state index contributed by atoms with van der Waals surface area (Å²) in [5.74, 6) is 0.163. The van der Waals surface area contributed by atoms with Crippen molar-refractivity contribution in [1.82, 2.24) is 0 Å². The summed E-state index contributed by atoms with van der Waals surface area (Å²) < 4.78 is 7.56. The van der Waals surface area contributed by atoms with Crippen LogP contribution in [-0.2, 0) is 4.43 Å². The van der Waals surface area contributed by atoms with Gasteiger partial charge in [0, 0.05) is 6.42 Å². The Hall–Kier alpha value is -1.25. The molecule has 0 N–H and O–H groups in total. The van der Waals surface area contributed by atoms with Gasteiger partial charge in [-0.15, -0.1) is 17.0 Å². The van der Waals surface area contributed by atoms with Crippen LogP contribution >= 0.6 is 24.2 Å². The lowest BCUT2D eigenvalue weighted by atomic mass is 10.1. The van der Waals surface area contributed by atoms with E-state index in [1.165, 1.54) is 60.9 Å². The predicted octanol–water partition coefficient (Wildman–Crippen LogP) is 10.0. The van der Waals surface area contributed by atoms with Crippen molar-refractivity contribution in [2.75, 3.05) is 0 Å². The van der Waals surface area contributed by atoms with Crippen molar-refractivity contribution in [2.24, 2.45) is 0 Å². The molecule has 1 unspecified atom stereocenters. The van der Waals surface area contributed by atoms with Crippen molar-refractivity contribution < 1.29 is 4.43 Å². The molecule has 0 amide bonds. The average Bonchev–Trinajstić information content (AvgIpc) is 2.89. The standard InChI is InChI=1S/C34H50OPSi.BrH/c1-7-8-9-10-11-12-22-29-33(35-37(5,6)34(2,3)4)36(30-23-16-13-17-24-30,31-25-18-14-19-26-31)32-27-20-15-21-28-32;/h13-21,23-28,33H,7-12,22,29H2,1-6H3;1H/q+1;. The molecule has 0 fully saturated rings. The van der Waals surface area contributed by atoms with Gasteiger partial charge in [-0.05, 0) is 61.0 Å². The maximum Gasteiger partial charge on any atom is 0.197 e. The molecule has 1 nitrogen and oxygen atoms in total. The number of hydrogen-bond acceptors (Lipinski definition) is 1. The molecule has 38 heavy (non-hydrogen) atoms.